The number of carbonyl (C=O) groups excluding carboxylic acids is 1. The first kappa shape index (κ1) is 20.7. The zero-order valence-electron chi connectivity index (χ0n) is 17.1. The van der Waals surface area contributed by atoms with E-state index in [1.54, 1.807) is 13.2 Å². The summed E-state index contributed by atoms with van der Waals surface area (Å²) in [6.45, 7) is 3.69. The molecule has 0 bridgehead atoms. The number of urea groups is 1. The number of hydrogen-bond acceptors (Lipinski definition) is 5. The number of carboxylic acids is 1. The van der Waals surface area contributed by atoms with Crippen LogP contribution in [0.25, 0.3) is 0 Å². The molecule has 1 unspecified atom stereocenters. The number of nitrogens with zero attached hydrogens (tertiary/aromatic N) is 1. The van der Waals surface area contributed by atoms with Gasteiger partial charge in [-0.2, -0.15) is 0 Å². The van der Waals surface area contributed by atoms with Crippen molar-refractivity contribution in [2.75, 3.05) is 26.8 Å². The Hall–Kier alpha value is -2.58. The summed E-state index contributed by atoms with van der Waals surface area (Å²) in [4.78, 5) is 27.5. The first-order chi connectivity index (χ1) is 14.4. The number of rotatable bonds is 4. The SMILES string of the molecule is COc1ccc(C(C)NC(=O)N2CCC3(CC2)OCCc2sc(C(=O)O)cc23)cc1. The van der Waals surface area contributed by atoms with E-state index in [-0.39, 0.29) is 12.1 Å². The lowest BCUT2D eigenvalue weighted by molar-refractivity contribution is -0.0917. The second-order valence-corrected chi connectivity index (χ2v) is 8.91. The zero-order valence-corrected chi connectivity index (χ0v) is 18.0. The number of hydrogen-bond donors (Lipinski definition) is 2. The second-order valence-electron chi connectivity index (χ2n) is 7.78. The number of aromatic carboxylic acids is 1. The molecule has 2 aromatic rings. The van der Waals surface area contributed by atoms with Crippen LogP contribution in [0, 0.1) is 0 Å². The Kier molecular flexibility index (Phi) is 5.71. The van der Waals surface area contributed by atoms with E-state index < -0.39 is 11.6 Å². The summed E-state index contributed by atoms with van der Waals surface area (Å²) < 4.78 is 11.4. The van der Waals surface area contributed by atoms with Gasteiger partial charge in [0, 0.05) is 24.4 Å². The van der Waals surface area contributed by atoms with Gasteiger partial charge in [0.1, 0.15) is 10.6 Å². The highest BCUT2D eigenvalue weighted by atomic mass is 32.1. The van der Waals surface area contributed by atoms with Gasteiger partial charge in [-0.1, -0.05) is 12.1 Å². The smallest absolute Gasteiger partial charge is 0.345 e. The average Bonchev–Trinajstić information content (AvgIpc) is 3.21. The van der Waals surface area contributed by atoms with Gasteiger partial charge in [0.25, 0.3) is 0 Å². The lowest BCUT2D eigenvalue weighted by Gasteiger charge is -2.44. The van der Waals surface area contributed by atoms with Gasteiger partial charge >= 0.3 is 12.0 Å². The Balaban J connectivity index is 1.40. The largest absolute Gasteiger partial charge is 0.497 e. The number of carboxylic acid groups (broad SMARTS) is 1. The third-order valence-electron chi connectivity index (χ3n) is 6.03. The Labute approximate surface area is 179 Å². The molecule has 7 nitrogen and oxygen atoms in total. The maximum Gasteiger partial charge on any atom is 0.345 e. The van der Waals surface area contributed by atoms with Gasteiger partial charge in [0.2, 0.25) is 0 Å². The van der Waals surface area contributed by atoms with E-state index >= 15 is 0 Å². The molecule has 1 spiro atoms. The molecule has 4 rings (SSSR count). The van der Waals surface area contributed by atoms with Gasteiger partial charge in [0.15, 0.2) is 0 Å². The topological polar surface area (TPSA) is 88.1 Å². The minimum Gasteiger partial charge on any atom is -0.497 e. The highest BCUT2D eigenvalue weighted by molar-refractivity contribution is 7.14. The van der Waals surface area contributed by atoms with E-state index in [2.05, 4.69) is 5.32 Å². The van der Waals surface area contributed by atoms with Gasteiger partial charge in [0.05, 0.1) is 25.4 Å². The van der Waals surface area contributed by atoms with Gasteiger partial charge in [-0.3, -0.25) is 0 Å². The predicted molar refractivity (Wildman–Crippen MR) is 113 cm³/mol. The molecule has 1 aromatic heterocycles. The third kappa shape index (κ3) is 3.89. The molecule has 1 atom stereocenters. The monoisotopic (exact) mass is 430 g/mol. The van der Waals surface area contributed by atoms with Crippen molar-refractivity contribution in [1.82, 2.24) is 10.2 Å². The summed E-state index contributed by atoms with van der Waals surface area (Å²) in [6.07, 6.45) is 2.08. The number of thiophene rings is 1. The Morgan fingerprint density at radius 3 is 2.60 bits per heavy atom. The summed E-state index contributed by atoms with van der Waals surface area (Å²) in [5.74, 6) is -0.112. The summed E-state index contributed by atoms with van der Waals surface area (Å²) >= 11 is 1.35. The van der Waals surface area contributed by atoms with Crippen molar-refractivity contribution in [3.63, 3.8) is 0 Å². The molecule has 0 saturated carbocycles. The molecule has 8 heteroatoms. The standard InChI is InChI=1S/C22H26N2O5S/c1-14(15-3-5-16(28-2)6-4-15)23-21(27)24-10-8-22(9-11-24)17-13-19(20(25)26)30-18(17)7-12-29-22/h3-6,13-14H,7-12H2,1-2H3,(H,23,27)(H,25,26). The van der Waals surface area contributed by atoms with Crippen molar-refractivity contribution < 1.29 is 24.2 Å². The summed E-state index contributed by atoms with van der Waals surface area (Å²) in [6, 6.07) is 9.21. The maximum absolute atomic E-state index is 12.8. The van der Waals surface area contributed by atoms with Crippen LogP contribution in [-0.4, -0.2) is 48.8 Å². The van der Waals surface area contributed by atoms with Crippen LogP contribution in [0.3, 0.4) is 0 Å². The number of amides is 2. The zero-order chi connectivity index (χ0) is 21.3. The molecule has 2 aliphatic rings. The lowest BCUT2D eigenvalue weighted by atomic mass is 9.82. The fraction of sp³-hybridized carbons (Fsp3) is 0.455. The van der Waals surface area contributed by atoms with Crippen LogP contribution in [0.2, 0.25) is 0 Å². The van der Waals surface area contributed by atoms with E-state index in [0.29, 0.717) is 37.4 Å². The number of methoxy groups -OCH3 is 1. The first-order valence-electron chi connectivity index (χ1n) is 10.1. The van der Waals surface area contributed by atoms with Gasteiger partial charge < -0.3 is 24.8 Å². The summed E-state index contributed by atoms with van der Waals surface area (Å²) in [5.41, 5.74) is 1.54. The molecule has 160 valence electrons. The Morgan fingerprint density at radius 1 is 1.27 bits per heavy atom. The molecule has 2 amide bonds. The quantitative estimate of drug-likeness (QED) is 0.771. The molecule has 2 aliphatic heterocycles. The van der Waals surface area contributed by atoms with Crippen molar-refractivity contribution in [3.8, 4) is 5.75 Å². The van der Waals surface area contributed by atoms with Crippen LogP contribution < -0.4 is 10.1 Å². The van der Waals surface area contributed by atoms with Crippen LogP contribution in [0.5, 0.6) is 5.75 Å². The highest BCUT2D eigenvalue weighted by Crippen LogP contribution is 2.44. The highest BCUT2D eigenvalue weighted by Gasteiger charge is 2.43. The van der Waals surface area contributed by atoms with Crippen molar-refractivity contribution in [3.05, 3.63) is 51.2 Å². The molecular formula is C22H26N2O5S. The molecule has 2 N–H and O–H groups in total. The van der Waals surface area contributed by atoms with E-state index in [4.69, 9.17) is 9.47 Å². The molecule has 0 radical (unpaired) electrons. The Morgan fingerprint density at radius 2 is 1.97 bits per heavy atom. The number of ether oxygens (including phenoxy) is 2. The number of carbonyl (C=O) groups is 2. The minimum absolute atomic E-state index is 0.0965. The lowest BCUT2D eigenvalue weighted by Crippen LogP contribution is -2.51. The van der Waals surface area contributed by atoms with Crippen LogP contribution in [-0.2, 0) is 16.8 Å². The third-order valence-corrected chi connectivity index (χ3v) is 7.22. The van der Waals surface area contributed by atoms with Crippen LogP contribution in [0.4, 0.5) is 4.79 Å². The molecule has 30 heavy (non-hydrogen) atoms. The first-order valence-corrected chi connectivity index (χ1v) is 10.9. The number of piperidine rings is 1. The predicted octanol–water partition coefficient (Wildman–Crippen LogP) is 3.79. The van der Waals surface area contributed by atoms with Crippen molar-refractivity contribution in [2.24, 2.45) is 0 Å². The van der Waals surface area contributed by atoms with Gasteiger partial charge in [-0.05, 0) is 49.1 Å². The van der Waals surface area contributed by atoms with Crippen LogP contribution in [0.15, 0.2) is 30.3 Å². The summed E-state index contributed by atoms with van der Waals surface area (Å²) in [7, 11) is 1.63. The van der Waals surface area contributed by atoms with E-state index in [0.717, 1.165) is 28.2 Å². The van der Waals surface area contributed by atoms with E-state index in [9.17, 15) is 14.7 Å². The van der Waals surface area contributed by atoms with Crippen molar-refractivity contribution >= 4 is 23.3 Å². The molecule has 1 fully saturated rings. The number of likely N-dealkylation sites (tertiary alicyclic amines) is 1. The van der Waals surface area contributed by atoms with Crippen molar-refractivity contribution in [1.29, 1.82) is 0 Å². The second kappa shape index (κ2) is 8.28. The molecule has 0 aliphatic carbocycles. The average molecular weight is 431 g/mol. The number of fused-ring (bicyclic) bond motifs is 2. The van der Waals surface area contributed by atoms with Crippen LogP contribution in [0.1, 0.15) is 51.5 Å². The Bertz CT molecular complexity index is 932. The molecular weight excluding hydrogens is 404 g/mol. The molecule has 1 aromatic carbocycles. The van der Waals surface area contributed by atoms with E-state index in [1.165, 1.54) is 11.3 Å². The minimum atomic E-state index is -0.895. The van der Waals surface area contributed by atoms with Gasteiger partial charge in [-0.15, -0.1) is 11.3 Å². The van der Waals surface area contributed by atoms with Gasteiger partial charge in [-0.25, -0.2) is 9.59 Å². The number of benzene rings is 1. The molecule has 3 heterocycles. The maximum atomic E-state index is 12.8. The van der Waals surface area contributed by atoms with E-state index in [1.807, 2.05) is 36.1 Å². The van der Waals surface area contributed by atoms with Crippen LogP contribution >= 0.6 is 11.3 Å². The fourth-order valence-electron chi connectivity index (χ4n) is 4.26. The normalized spacial score (nSPS) is 18.5. The number of nitrogens with one attached hydrogen (secondary N) is 1. The summed E-state index contributed by atoms with van der Waals surface area (Å²) in [5, 5.41) is 12.4. The molecule has 1 saturated heterocycles. The van der Waals surface area contributed by atoms with Crippen molar-refractivity contribution in [2.45, 2.75) is 37.8 Å². The fourth-order valence-corrected chi connectivity index (χ4v) is 5.33.